The van der Waals surface area contributed by atoms with Gasteiger partial charge in [-0.3, -0.25) is 10.1 Å². The quantitative estimate of drug-likeness (QED) is 0.635. The molecule has 0 saturated heterocycles. The van der Waals surface area contributed by atoms with E-state index in [2.05, 4.69) is 17.6 Å². The third-order valence-corrected chi connectivity index (χ3v) is 4.24. The van der Waals surface area contributed by atoms with Crippen molar-refractivity contribution < 1.29 is 19.1 Å². The summed E-state index contributed by atoms with van der Waals surface area (Å²) in [5.41, 5.74) is 0.852. The zero-order valence-corrected chi connectivity index (χ0v) is 14.4. The Bertz CT molecular complexity index is 628. The van der Waals surface area contributed by atoms with Gasteiger partial charge in [0.2, 0.25) is 0 Å². The Balaban J connectivity index is 1.68. The fraction of sp³-hybridized carbons (Fsp3) is 0.421. The van der Waals surface area contributed by atoms with Gasteiger partial charge in [0.1, 0.15) is 0 Å². The molecule has 1 aliphatic carbocycles. The molecule has 1 saturated carbocycles. The Morgan fingerprint density at radius 3 is 2.60 bits per heavy atom. The first-order valence-electron chi connectivity index (χ1n) is 8.55. The highest BCUT2D eigenvalue weighted by atomic mass is 16.5. The summed E-state index contributed by atoms with van der Waals surface area (Å²) in [5, 5.41) is 5.00. The first-order chi connectivity index (χ1) is 12.0. The second-order valence-electron chi connectivity index (χ2n) is 6.24. The summed E-state index contributed by atoms with van der Waals surface area (Å²) in [5.74, 6) is -0.890. The molecule has 2 atom stereocenters. The number of rotatable bonds is 5. The number of amides is 3. The number of nitrogens with one attached hydrogen (secondary N) is 2. The van der Waals surface area contributed by atoms with Crippen LogP contribution >= 0.6 is 0 Å². The van der Waals surface area contributed by atoms with Crippen LogP contribution in [0.4, 0.5) is 4.79 Å². The van der Waals surface area contributed by atoms with Crippen LogP contribution in [-0.2, 0) is 14.3 Å². The predicted molar refractivity (Wildman–Crippen MR) is 94.5 cm³/mol. The third-order valence-electron chi connectivity index (χ3n) is 4.24. The van der Waals surface area contributed by atoms with E-state index >= 15 is 0 Å². The van der Waals surface area contributed by atoms with E-state index in [-0.39, 0.29) is 6.04 Å². The fourth-order valence-corrected chi connectivity index (χ4v) is 2.81. The van der Waals surface area contributed by atoms with Gasteiger partial charge < -0.3 is 10.1 Å². The van der Waals surface area contributed by atoms with Crippen molar-refractivity contribution in [3.63, 3.8) is 0 Å². The van der Waals surface area contributed by atoms with Crippen LogP contribution in [0.3, 0.4) is 0 Å². The summed E-state index contributed by atoms with van der Waals surface area (Å²) in [6.07, 6.45) is 7.08. The summed E-state index contributed by atoms with van der Waals surface area (Å²) < 4.78 is 4.82. The zero-order valence-electron chi connectivity index (χ0n) is 14.4. The first kappa shape index (κ1) is 18.7. The molecule has 2 N–H and O–H groups in total. The smallest absolute Gasteiger partial charge is 0.331 e. The average molecular weight is 344 g/mol. The largest absolute Gasteiger partial charge is 0.452 e. The van der Waals surface area contributed by atoms with Crippen molar-refractivity contribution in [3.8, 4) is 0 Å². The van der Waals surface area contributed by atoms with E-state index in [1.807, 2.05) is 30.3 Å². The number of hydrogen-bond acceptors (Lipinski definition) is 4. The van der Waals surface area contributed by atoms with Crippen LogP contribution in [0.5, 0.6) is 0 Å². The lowest BCUT2D eigenvalue weighted by Crippen LogP contribution is -2.48. The van der Waals surface area contributed by atoms with E-state index < -0.39 is 24.5 Å². The summed E-state index contributed by atoms with van der Waals surface area (Å²) in [6.45, 7) is 1.60. The molecule has 0 unspecified atom stereocenters. The number of ether oxygens (including phenoxy) is 1. The van der Waals surface area contributed by atoms with Crippen molar-refractivity contribution in [2.45, 2.75) is 38.6 Å². The second-order valence-corrected chi connectivity index (χ2v) is 6.24. The van der Waals surface area contributed by atoms with Crippen molar-refractivity contribution in [1.29, 1.82) is 0 Å². The summed E-state index contributed by atoms with van der Waals surface area (Å²) in [6, 6.07) is 8.80. The maximum absolute atomic E-state index is 11.8. The number of carbonyl (C=O) groups is 3. The van der Waals surface area contributed by atoms with Crippen LogP contribution in [0, 0.1) is 5.92 Å². The Morgan fingerprint density at radius 1 is 1.16 bits per heavy atom. The molecule has 1 aromatic rings. The van der Waals surface area contributed by atoms with E-state index in [1.165, 1.54) is 12.5 Å². The number of imide groups is 1. The monoisotopic (exact) mass is 344 g/mol. The summed E-state index contributed by atoms with van der Waals surface area (Å²) >= 11 is 0. The van der Waals surface area contributed by atoms with Gasteiger partial charge in [0.15, 0.2) is 6.61 Å². The van der Waals surface area contributed by atoms with Gasteiger partial charge in [0, 0.05) is 12.1 Å². The topological polar surface area (TPSA) is 84.5 Å². The Kier molecular flexibility index (Phi) is 7.19. The van der Waals surface area contributed by atoms with Crippen LogP contribution < -0.4 is 10.6 Å². The van der Waals surface area contributed by atoms with Gasteiger partial charge in [-0.05, 0) is 30.4 Å². The van der Waals surface area contributed by atoms with Crippen LogP contribution in [0.15, 0.2) is 36.4 Å². The molecule has 6 nitrogen and oxygen atoms in total. The molecule has 134 valence electrons. The molecule has 1 aromatic carbocycles. The SMILES string of the molecule is C[C@@H]1CCCC[C@@H]1NC(=O)NC(=O)COC(=O)/C=C/c1ccccc1. The van der Waals surface area contributed by atoms with Crippen molar-refractivity contribution in [1.82, 2.24) is 10.6 Å². The minimum Gasteiger partial charge on any atom is -0.452 e. The predicted octanol–water partition coefficient (Wildman–Crippen LogP) is 2.65. The molecular formula is C19H24N2O4. The Labute approximate surface area is 147 Å². The minimum absolute atomic E-state index is 0.0814. The molecule has 0 aliphatic heterocycles. The van der Waals surface area contributed by atoms with Crippen molar-refractivity contribution in [2.24, 2.45) is 5.92 Å². The highest BCUT2D eigenvalue weighted by Gasteiger charge is 2.23. The standard InChI is InChI=1S/C19H24N2O4/c1-14-7-5-6-10-16(14)20-19(24)21-17(22)13-25-18(23)12-11-15-8-3-2-4-9-15/h2-4,8-9,11-12,14,16H,5-7,10,13H2,1H3,(H2,20,21,22,24)/b12-11+/t14-,16+/m1/s1. The normalized spacial score (nSPS) is 20.0. The molecule has 6 heteroatoms. The molecule has 1 aliphatic rings. The molecular weight excluding hydrogens is 320 g/mol. The fourth-order valence-electron chi connectivity index (χ4n) is 2.81. The van der Waals surface area contributed by atoms with Crippen molar-refractivity contribution in [3.05, 3.63) is 42.0 Å². The second kappa shape index (κ2) is 9.61. The molecule has 2 rings (SSSR count). The first-order valence-corrected chi connectivity index (χ1v) is 8.55. The van der Waals surface area contributed by atoms with Gasteiger partial charge in [-0.1, -0.05) is 50.1 Å². The third kappa shape index (κ3) is 6.79. The number of urea groups is 1. The molecule has 0 bridgehead atoms. The lowest BCUT2D eigenvalue weighted by atomic mass is 9.86. The molecule has 3 amide bonds. The van der Waals surface area contributed by atoms with Gasteiger partial charge in [0.05, 0.1) is 0 Å². The number of carbonyl (C=O) groups excluding carboxylic acids is 3. The van der Waals surface area contributed by atoms with E-state index in [4.69, 9.17) is 4.74 Å². The van der Waals surface area contributed by atoms with Crippen LogP contribution in [0.1, 0.15) is 38.2 Å². The van der Waals surface area contributed by atoms with Crippen molar-refractivity contribution in [2.75, 3.05) is 6.61 Å². The number of benzene rings is 1. The zero-order chi connectivity index (χ0) is 18.1. The van der Waals surface area contributed by atoms with Gasteiger partial charge in [-0.2, -0.15) is 0 Å². The Hall–Kier alpha value is -2.63. The van der Waals surface area contributed by atoms with Crippen molar-refractivity contribution >= 4 is 24.0 Å². The molecule has 0 aromatic heterocycles. The van der Waals surface area contributed by atoms with E-state index in [0.29, 0.717) is 5.92 Å². The summed E-state index contributed by atoms with van der Waals surface area (Å²) in [7, 11) is 0. The molecule has 25 heavy (non-hydrogen) atoms. The minimum atomic E-state index is -0.651. The van der Waals surface area contributed by atoms with Gasteiger partial charge >= 0.3 is 12.0 Å². The van der Waals surface area contributed by atoms with Gasteiger partial charge in [-0.15, -0.1) is 0 Å². The molecule has 1 fully saturated rings. The summed E-state index contributed by atoms with van der Waals surface area (Å²) in [4.78, 5) is 35.1. The van der Waals surface area contributed by atoms with E-state index in [1.54, 1.807) is 6.08 Å². The number of esters is 1. The van der Waals surface area contributed by atoms with Gasteiger partial charge in [-0.25, -0.2) is 9.59 Å². The molecule has 0 spiro atoms. The lowest BCUT2D eigenvalue weighted by molar-refractivity contribution is -0.143. The van der Waals surface area contributed by atoms with Crippen LogP contribution in [-0.4, -0.2) is 30.6 Å². The maximum Gasteiger partial charge on any atom is 0.331 e. The highest BCUT2D eigenvalue weighted by Crippen LogP contribution is 2.23. The average Bonchev–Trinajstić information content (AvgIpc) is 2.61. The molecule has 0 radical (unpaired) electrons. The Morgan fingerprint density at radius 2 is 1.88 bits per heavy atom. The van der Waals surface area contributed by atoms with Crippen LogP contribution in [0.25, 0.3) is 6.08 Å². The lowest BCUT2D eigenvalue weighted by Gasteiger charge is -2.29. The van der Waals surface area contributed by atoms with E-state index in [9.17, 15) is 14.4 Å². The number of hydrogen-bond donors (Lipinski definition) is 2. The van der Waals surface area contributed by atoms with Crippen LogP contribution in [0.2, 0.25) is 0 Å². The highest BCUT2D eigenvalue weighted by molar-refractivity contribution is 5.96. The molecule has 0 heterocycles. The maximum atomic E-state index is 11.8. The van der Waals surface area contributed by atoms with E-state index in [0.717, 1.165) is 24.8 Å². The van der Waals surface area contributed by atoms with Gasteiger partial charge in [0.25, 0.3) is 5.91 Å².